The molecule has 8 heterocycles. The van der Waals surface area contributed by atoms with Gasteiger partial charge >= 0.3 is 11.9 Å². The quantitative estimate of drug-likeness (QED) is 0.147. The summed E-state index contributed by atoms with van der Waals surface area (Å²) in [4.78, 5) is 27.3. The van der Waals surface area contributed by atoms with Crippen molar-refractivity contribution in [3.05, 3.63) is 132 Å². The number of rotatable bonds is 10. The maximum atomic E-state index is 13.6. The normalized spacial score (nSPS) is 28.4. The second-order valence-corrected chi connectivity index (χ2v) is 17.3. The highest BCUT2D eigenvalue weighted by Crippen LogP contribution is 2.50. The van der Waals surface area contributed by atoms with Gasteiger partial charge in [0.2, 0.25) is 0 Å². The van der Waals surface area contributed by atoms with E-state index < -0.39 is 17.0 Å². The number of aliphatic hydroxyl groups is 1. The zero-order chi connectivity index (χ0) is 37.6. The van der Waals surface area contributed by atoms with E-state index in [0.29, 0.717) is 16.7 Å². The molecule has 2 aromatic heterocycles. The number of hydrogen-bond donors (Lipinski definition) is 1. The molecule has 8 nitrogen and oxygen atoms in total. The molecule has 6 saturated heterocycles. The molecule has 0 radical (unpaired) electrons. The van der Waals surface area contributed by atoms with E-state index in [4.69, 9.17) is 13.9 Å². The van der Waals surface area contributed by atoms with Crippen LogP contribution in [0.25, 0.3) is 11.1 Å². The van der Waals surface area contributed by atoms with Crippen molar-refractivity contribution in [2.75, 3.05) is 52.4 Å². The first-order valence-corrected chi connectivity index (χ1v) is 20.4. The van der Waals surface area contributed by atoms with E-state index in [-0.39, 0.29) is 57.9 Å². The van der Waals surface area contributed by atoms with Crippen molar-refractivity contribution in [1.29, 1.82) is 0 Å². The number of nitrogens with zero attached hydrogens (tertiary/aromatic N) is 2. The zero-order valence-electron chi connectivity index (χ0n) is 32.0. The average molecular weight is 909 g/mol. The van der Waals surface area contributed by atoms with Gasteiger partial charge in [0.15, 0.2) is 18.0 Å². The highest BCUT2D eigenvalue weighted by molar-refractivity contribution is 7.10. The Labute approximate surface area is 355 Å². The standard InChI is InChI=1S/C25H28NO2.C20H24NO4S.2BrH/c1-3-14-26-15-12-18(13-16-26)23(17-26)28-24(27)25(2)21-10-6-4-8-19(21)20-9-5-7-11-22(20)25;1-2-9-21-10-7-15(8-11-21)16(14-21)25-19(22)20(23,17-5-3-12-24-17)18-6-4-13-26-18;;/h3-11,18,23H,1,12-17H2,2H3;2-6,12-13,15-16,23H,1,7-11,14H2;2*1H/q2*+1;;/p-2/t18?,23-,26?;15?,16-,20?,21?;;/m00../s1. The van der Waals surface area contributed by atoms with Crippen molar-refractivity contribution in [3.8, 4) is 11.1 Å². The van der Waals surface area contributed by atoms with Gasteiger partial charge in [0, 0.05) is 37.5 Å². The van der Waals surface area contributed by atoms with Crippen molar-refractivity contribution in [3.63, 3.8) is 0 Å². The fraction of sp³-hybridized carbons (Fsp3) is 0.422. The summed E-state index contributed by atoms with van der Waals surface area (Å²) in [6, 6.07) is 23.4. The molecule has 7 aliphatic rings. The summed E-state index contributed by atoms with van der Waals surface area (Å²) in [7, 11) is 0. The minimum Gasteiger partial charge on any atom is -1.00 e. The maximum absolute atomic E-state index is 13.6. The third-order valence-corrected chi connectivity index (χ3v) is 14.3. The molecule has 4 bridgehead atoms. The Morgan fingerprint density at radius 3 is 1.79 bits per heavy atom. The molecule has 0 spiro atoms. The molecule has 3 atom stereocenters. The molecule has 298 valence electrons. The molecule has 0 amide bonds. The van der Waals surface area contributed by atoms with Gasteiger partial charge in [0.05, 0.1) is 50.4 Å². The first-order chi connectivity index (χ1) is 26.1. The number of quaternary nitrogens is 2. The number of thiophene rings is 1. The van der Waals surface area contributed by atoms with E-state index >= 15 is 0 Å². The molecule has 4 aromatic rings. The Kier molecular flexibility index (Phi) is 12.7. The molecule has 56 heavy (non-hydrogen) atoms. The second kappa shape index (κ2) is 16.9. The predicted molar refractivity (Wildman–Crippen MR) is 209 cm³/mol. The highest BCUT2D eigenvalue weighted by atomic mass is 79.9. The van der Waals surface area contributed by atoms with Crippen molar-refractivity contribution < 1.29 is 71.5 Å². The van der Waals surface area contributed by atoms with Gasteiger partial charge in [-0.2, -0.15) is 0 Å². The van der Waals surface area contributed by atoms with Gasteiger partial charge < -0.3 is 61.9 Å². The van der Waals surface area contributed by atoms with Crippen LogP contribution in [0.1, 0.15) is 54.4 Å². The number of carbonyl (C=O) groups excluding carboxylic acids is 2. The van der Waals surface area contributed by atoms with Crippen molar-refractivity contribution >= 4 is 23.3 Å². The number of halogens is 2. The SMILES string of the molecule is C=CC[N+]12CCC(CC1)[C@@H](OC(=O)C(O)(c1ccco1)c1cccs1)C2.C=CC[N+]12CCC(CC1)[C@@H](OC(=O)C1(C)c3ccccc3-c3ccccc31)C2.[Br-].[Br-]. The fourth-order valence-electron chi connectivity index (χ4n) is 10.2. The van der Waals surface area contributed by atoms with Gasteiger partial charge in [-0.05, 0) is 64.9 Å². The lowest BCUT2D eigenvalue weighted by atomic mass is 9.79. The van der Waals surface area contributed by atoms with Gasteiger partial charge in [-0.25, -0.2) is 4.79 Å². The molecule has 2 aromatic carbocycles. The summed E-state index contributed by atoms with van der Waals surface area (Å²) in [6.45, 7) is 18.1. The number of benzene rings is 2. The summed E-state index contributed by atoms with van der Waals surface area (Å²) >= 11 is 1.31. The maximum Gasteiger partial charge on any atom is 0.352 e. The Morgan fingerprint density at radius 2 is 1.32 bits per heavy atom. The number of ether oxygens (including phenoxy) is 2. The first kappa shape index (κ1) is 42.3. The minimum atomic E-state index is -1.90. The largest absolute Gasteiger partial charge is 1.00 e. The van der Waals surface area contributed by atoms with Crippen molar-refractivity contribution in [1.82, 2.24) is 0 Å². The zero-order valence-corrected chi connectivity index (χ0v) is 36.0. The summed E-state index contributed by atoms with van der Waals surface area (Å²) in [5.41, 5.74) is 1.81. The molecule has 1 aliphatic carbocycles. The van der Waals surface area contributed by atoms with Crippen LogP contribution < -0.4 is 34.0 Å². The van der Waals surface area contributed by atoms with Crippen molar-refractivity contribution in [2.45, 2.75) is 55.8 Å². The lowest BCUT2D eigenvalue weighted by Crippen LogP contribution is -3.00. The van der Waals surface area contributed by atoms with E-state index in [1.165, 1.54) is 30.7 Å². The summed E-state index contributed by atoms with van der Waals surface area (Å²) < 4.78 is 19.6. The lowest BCUT2D eigenvalue weighted by Gasteiger charge is -2.52. The molecule has 0 saturated carbocycles. The molecule has 1 N–H and O–H groups in total. The van der Waals surface area contributed by atoms with E-state index in [9.17, 15) is 14.7 Å². The topological polar surface area (TPSA) is 86.0 Å². The summed E-state index contributed by atoms with van der Waals surface area (Å²) in [6.07, 6.45) is 9.67. The smallest absolute Gasteiger partial charge is 0.352 e. The molecule has 11 heteroatoms. The number of furan rings is 1. The van der Waals surface area contributed by atoms with Crippen LogP contribution in [0.2, 0.25) is 0 Å². The Hall–Kier alpha value is -3.32. The number of esters is 2. The van der Waals surface area contributed by atoms with Crippen LogP contribution in [0.3, 0.4) is 0 Å². The van der Waals surface area contributed by atoms with Gasteiger partial charge in [0.1, 0.15) is 18.5 Å². The predicted octanol–water partition coefficient (Wildman–Crippen LogP) is 1.23. The Bertz CT molecular complexity index is 1920. The number of piperidine rings is 6. The molecule has 6 fully saturated rings. The third-order valence-electron chi connectivity index (χ3n) is 13.3. The molecule has 11 rings (SSSR count). The minimum absolute atomic E-state index is 0. The van der Waals surface area contributed by atoms with Crippen LogP contribution in [0, 0.1) is 11.8 Å². The monoisotopic (exact) mass is 906 g/mol. The van der Waals surface area contributed by atoms with Crippen LogP contribution in [-0.4, -0.2) is 90.6 Å². The lowest BCUT2D eigenvalue weighted by molar-refractivity contribution is -0.941. The van der Waals surface area contributed by atoms with E-state index in [1.807, 2.05) is 48.7 Å². The third kappa shape index (κ3) is 7.32. The Morgan fingerprint density at radius 1 is 0.804 bits per heavy atom. The molecule has 1 unspecified atom stereocenters. The molecule has 6 aliphatic heterocycles. The van der Waals surface area contributed by atoms with Crippen LogP contribution in [0.15, 0.2) is 114 Å². The fourth-order valence-corrected chi connectivity index (χ4v) is 11.0. The van der Waals surface area contributed by atoms with Crippen LogP contribution >= 0.6 is 11.3 Å². The highest BCUT2D eigenvalue weighted by Gasteiger charge is 2.53. The Balaban J connectivity index is 0.000000184. The first-order valence-electron chi connectivity index (χ1n) is 19.5. The van der Waals surface area contributed by atoms with Gasteiger partial charge in [-0.15, -0.1) is 11.3 Å². The number of fused-ring (bicyclic) bond motifs is 9. The average Bonchev–Trinajstić information content (AvgIpc) is 3.99. The molecular formula is C45H52Br2N2O6S. The molecular weight excluding hydrogens is 856 g/mol. The van der Waals surface area contributed by atoms with Gasteiger partial charge in [0.25, 0.3) is 5.60 Å². The van der Waals surface area contributed by atoms with Gasteiger partial charge in [-0.3, -0.25) is 4.79 Å². The van der Waals surface area contributed by atoms with E-state index in [2.05, 4.69) is 37.4 Å². The van der Waals surface area contributed by atoms with Gasteiger partial charge in [-0.1, -0.05) is 67.8 Å². The second-order valence-electron chi connectivity index (χ2n) is 16.3. The van der Waals surface area contributed by atoms with E-state index in [0.717, 1.165) is 96.2 Å². The van der Waals surface area contributed by atoms with E-state index in [1.54, 1.807) is 24.3 Å². The number of carbonyl (C=O) groups is 2. The van der Waals surface area contributed by atoms with Crippen LogP contribution in [0.5, 0.6) is 0 Å². The number of hydrogen-bond acceptors (Lipinski definition) is 7. The van der Waals surface area contributed by atoms with Crippen molar-refractivity contribution in [2.24, 2.45) is 11.8 Å². The summed E-state index contributed by atoms with van der Waals surface area (Å²) in [5.74, 6) is 0.323. The summed E-state index contributed by atoms with van der Waals surface area (Å²) in [5, 5.41) is 13.1. The van der Waals surface area contributed by atoms with Crippen LogP contribution in [0.4, 0.5) is 0 Å². The van der Waals surface area contributed by atoms with Crippen LogP contribution in [-0.2, 0) is 30.1 Å².